The molecule has 2 heterocycles. The van der Waals surface area contributed by atoms with E-state index in [4.69, 9.17) is 0 Å². The summed E-state index contributed by atoms with van der Waals surface area (Å²) in [7, 11) is 1.93. The summed E-state index contributed by atoms with van der Waals surface area (Å²) in [5.74, 6) is 1.69. The van der Waals surface area contributed by atoms with Crippen LogP contribution in [0, 0.1) is 6.92 Å². The van der Waals surface area contributed by atoms with Gasteiger partial charge in [-0.05, 0) is 19.1 Å². The molecule has 0 aromatic carbocycles. The van der Waals surface area contributed by atoms with Gasteiger partial charge in [-0.1, -0.05) is 6.07 Å². The molecular formula is C10H12N4S. The fraction of sp³-hybridized carbons (Fsp3) is 0.300. The smallest absolute Gasteiger partial charge is 0.151 e. The Balaban J connectivity index is 2.37. The summed E-state index contributed by atoms with van der Waals surface area (Å²) in [6.45, 7) is 1.91. The monoisotopic (exact) mass is 220 g/mol. The average molecular weight is 220 g/mol. The van der Waals surface area contributed by atoms with Gasteiger partial charge in [-0.3, -0.25) is 4.98 Å². The van der Waals surface area contributed by atoms with Crippen molar-refractivity contribution in [1.29, 1.82) is 0 Å². The first-order valence-corrected chi connectivity index (χ1v) is 5.16. The molecule has 0 aliphatic rings. The molecule has 78 valence electrons. The average Bonchev–Trinajstić information content (AvgIpc) is 2.60. The van der Waals surface area contributed by atoms with Crippen molar-refractivity contribution in [1.82, 2.24) is 19.7 Å². The molecule has 0 amide bonds. The normalized spacial score (nSPS) is 12.7. The van der Waals surface area contributed by atoms with E-state index in [0.717, 1.165) is 17.3 Å². The third-order valence-electron chi connectivity index (χ3n) is 2.34. The zero-order valence-electron chi connectivity index (χ0n) is 8.62. The first-order chi connectivity index (χ1) is 7.20. The van der Waals surface area contributed by atoms with Crippen LogP contribution in [0.3, 0.4) is 0 Å². The molecular weight excluding hydrogens is 208 g/mol. The van der Waals surface area contributed by atoms with Gasteiger partial charge in [0.05, 0.1) is 5.69 Å². The second kappa shape index (κ2) is 4.02. The molecule has 2 aromatic rings. The Labute approximate surface area is 93.8 Å². The van der Waals surface area contributed by atoms with Crippen LogP contribution >= 0.6 is 12.6 Å². The second-order valence-corrected chi connectivity index (χ2v) is 3.84. The van der Waals surface area contributed by atoms with Crippen LogP contribution in [0.25, 0.3) is 0 Å². The van der Waals surface area contributed by atoms with Crippen LogP contribution in [0.4, 0.5) is 0 Å². The minimum Gasteiger partial charge on any atom is -0.317 e. The van der Waals surface area contributed by atoms with Crippen LogP contribution in [0.5, 0.6) is 0 Å². The number of rotatable bonds is 2. The molecule has 0 radical (unpaired) electrons. The first-order valence-electron chi connectivity index (χ1n) is 4.65. The largest absolute Gasteiger partial charge is 0.317 e. The maximum Gasteiger partial charge on any atom is 0.151 e. The molecule has 2 rings (SSSR count). The van der Waals surface area contributed by atoms with E-state index >= 15 is 0 Å². The van der Waals surface area contributed by atoms with Crippen molar-refractivity contribution >= 4 is 12.6 Å². The molecule has 0 saturated heterocycles. The Kier molecular flexibility index (Phi) is 2.73. The van der Waals surface area contributed by atoms with Crippen LogP contribution in [0.1, 0.15) is 22.6 Å². The van der Waals surface area contributed by atoms with Crippen LogP contribution < -0.4 is 0 Å². The standard InChI is InChI=1S/C10H12N4S/c1-7-12-13-10(14(7)2)9(15)8-5-3-4-6-11-8/h3-6,9,15H,1-2H3. The van der Waals surface area contributed by atoms with E-state index in [1.807, 2.05) is 36.7 Å². The Morgan fingerprint density at radius 2 is 2.13 bits per heavy atom. The highest BCUT2D eigenvalue weighted by molar-refractivity contribution is 7.80. The van der Waals surface area contributed by atoms with Crippen molar-refractivity contribution in [3.05, 3.63) is 41.7 Å². The fourth-order valence-corrected chi connectivity index (χ4v) is 1.71. The molecule has 0 saturated carbocycles. The lowest BCUT2D eigenvalue weighted by Crippen LogP contribution is -2.05. The molecule has 4 nitrogen and oxygen atoms in total. The van der Waals surface area contributed by atoms with Gasteiger partial charge in [0.1, 0.15) is 11.1 Å². The second-order valence-electron chi connectivity index (χ2n) is 3.32. The fourth-order valence-electron chi connectivity index (χ4n) is 1.33. The van der Waals surface area contributed by atoms with E-state index in [-0.39, 0.29) is 5.25 Å². The molecule has 1 atom stereocenters. The van der Waals surface area contributed by atoms with Gasteiger partial charge in [-0.2, -0.15) is 12.6 Å². The summed E-state index contributed by atoms with van der Waals surface area (Å²) in [4.78, 5) is 4.25. The molecule has 0 bridgehead atoms. The first kappa shape index (κ1) is 10.2. The minimum absolute atomic E-state index is 0.127. The van der Waals surface area contributed by atoms with E-state index in [9.17, 15) is 0 Å². The van der Waals surface area contributed by atoms with Gasteiger partial charge in [-0.15, -0.1) is 10.2 Å². The molecule has 0 N–H and O–H groups in total. The van der Waals surface area contributed by atoms with Gasteiger partial charge in [0.25, 0.3) is 0 Å². The van der Waals surface area contributed by atoms with E-state index < -0.39 is 0 Å². The third kappa shape index (κ3) is 1.87. The molecule has 15 heavy (non-hydrogen) atoms. The highest BCUT2D eigenvalue weighted by Gasteiger charge is 2.16. The summed E-state index contributed by atoms with van der Waals surface area (Å²) in [5.41, 5.74) is 0.885. The number of hydrogen-bond donors (Lipinski definition) is 1. The summed E-state index contributed by atoms with van der Waals surface area (Å²) in [6, 6.07) is 5.75. The number of pyridine rings is 1. The van der Waals surface area contributed by atoms with Crippen molar-refractivity contribution in [2.75, 3.05) is 0 Å². The van der Waals surface area contributed by atoms with Crippen LogP contribution in [-0.2, 0) is 7.05 Å². The predicted octanol–water partition coefficient (Wildman–Crippen LogP) is 1.54. The van der Waals surface area contributed by atoms with Gasteiger partial charge in [-0.25, -0.2) is 0 Å². The summed E-state index contributed by atoms with van der Waals surface area (Å²) < 4.78 is 1.92. The van der Waals surface area contributed by atoms with Crippen LogP contribution in [0.2, 0.25) is 0 Å². The molecule has 1 unspecified atom stereocenters. The van der Waals surface area contributed by atoms with E-state index in [0.29, 0.717) is 0 Å². The Morgan fingerprint density at radius 1 is 1.33 bits per heavy atom. The van der Waals surface area contributed by atoms with Crippen LogP contribution in [0.15, 0.2) is 24.4 Å². The Bertz CT molecular complexity index is 452. The minimum atomic E-state index is -0.127. The van der Waals surface area contributed by atoms with Gasteiger partial charge in [0.15, 0.2) is 5.82 Å². The maximum absolute atomic E-state index is 4.51. The number of hydrogen-bond acceptors (Lipinski definition) is 4. The molecule has 0 aliphatic heterocycles. The van der Waals surface area contributed by atoms with Gasteiger partial charge < -0.3 is 4.57 Å². The van der Waals surface area contributed by atoms with Crippen molar-refractivity contribution in [3.63, 3.8) is 0 Å². The third-order valence-corrected chi connectivity index (χ3v) is 2.83. The number of thiol groups is 1. The molecule has 2 aromatic heterocycles. The van der Waals surface area contributed by atoms with Gasteiger partial charge >= 0.3 is 0 Å². The Morgan fingerprint density at radius 3 is 2.67 bits per heavy atom. The highest BCUT2D eigenvalue weighted by atomic mass is 32.1. The van der Waals surface area contributed by atoms with Crippen molar-refractivity contribution in [3.8, 4) is 0 Å². The highest BCUT2D eigenvalue weighted by Crippen LogP contribution is 2.24. The van der Waals surface area contributed by atoms with Crippen molar-refractivity contribution in [2.45, 2.75) is 12.2 Å². The molecule has 0 aliphatic carbocycles. The topological polar surface area (TPSA) is 43.6 Å². The van der Waals surface area contributed by atoms with Crippen molar-refractivity contribution < 1.29 is 0 Å². The number of aryl methyl sites for hydroxylation is 1. The maximum atomic E-state index is 4.51. The lowest BCUT2D eigenvalue weighted by atomic mass is 10.2. The van der Waals surface area contributed by atoms with Crippen LogP contribution in [-0.4, -0.2) is 19.7 Å². The Hall–Kier alpha value is -1.36. The zero-order chi connectivity index (χ0) is 10.8. The van der Waals surface area contributed by atoms with E-state index in [1.165, 1.54) is 0 Å². The summed E-state index contributed by atoms with van der Waals surface area (Å²) in [5, 5.41) is 7.96. The summed E-state index contributed by atoms with van der Waals surface area (Å²) >= 11 is 4.51. The predicted molar refractivity (Wildman–Crippen MR) is 60.8 cm³/mol. The molecule has 0 fully saturated rings. The summed E-state index contributed by atoms with van der Waals surface area (Å²) in [6.07, 6.45) is 1.75. The van der Waals surface area contributed by atoms with Gasteiger partial charge in [0.2, 0.25) is 0 Å². The van der Waals surface area contributed by atoms with Crippen molar-refractivity contribution in [2.24, 2.45) is 7.05 Å². The van der Waals surface area contributed by atoms with E-state index in [1.54, 1.807) is 6.20 Å². The quantitative estimate of drug-likeness (QED) is 0.781. The van der Waals surface area contributed by atoms with Gasteiger partial charge in [0, 0.05) is 13.2 Å². The molecule has 0 spiro atoms. The SMILES string of the molecule is Cc1nnc(C(S)c2ccccn2)n1C. The lowest BCUT2D eigenvalue weighted by Gasteiger charge is -2.08. The number of nitrogens with zero attached hydrogens (tertiary/aromatic N) is 4. The van der Waals surface area contributed by atoms with E-state index in [2.05, 4.69) is 27.8 Å². The lowest BCUT2D eigenvalue weighted by molar-refractivity contribution is 0.783. The zero-order valence-corrected chi connectivity index (χ0v) is 9.52. The number of aromatic nitrogens is 4. The molecule has 5 heteroatoms.